The van der Waals surface area contributed by atoms with Crippen LogP contribution < -0.4 is 10.6 Å². The number of carbonyl (C=O) groups excluding carboxylic acids is 1. The highest BCUT2D eigenvalue weighted by Crippen LogP contribution is 2.13. The van der Waals surface area contributed by atoms with Crippen LogP contribution in [-0.4, -0.2) is 23.8 Å². The van der Waals surface area contributed by atoms with Crippen LogP contribution in [0.5, 0.6) is 0 Å². The maximum absolute atomic E-state index is 11.8. The summed E-state index contributed by atoms with van der Waals surface area (Å²) < 4.78 is 0. The van der Waals surface area contributed by atoms with Gasteiger partial charge in [-0.15, -0.1) is 0 Å². The highest BCUT2D eigenvalue weighted by molar-refractivity contribution is 6.30. The zero-order valence-electron chi connectivity index (χ0n) is 10.6. The Kier molecular flexibility index (Phi) is 5.95. The van der Waals surface area contributed by atoms with E-state index in [0.717, 1.165) is 0 Å². The number of nitrogens with one attached hydrogen (secondary N) is 2. The molecule has 1 rings (SSSR count). The summed E-state index contributed by atoms with van der Waals surface area (Å²) in [6.45, 7) is 4.07. The van der Waals surface area contributed by atoms with Gasteiger partial charge in [0.2, 0.25) is 0 Å². The molecule has 18 heavy (non-hydrogen) atoms. The van der Waals surface area contributed by atoms with Crippen molar-refractivity contribution in [3.63, 3.8) is 0 Å². The molecule has 0 bridgehead atoms. The van der Waals surface area contributed by atoms with Crippen LogP contribution in [0.3, 0.4) is 0 Å². The summed E-state index contributed by atoms with van der Waals surface area (Å²) in [7, 11) is 0. The summed E-state index contributed by atoms with van der Waals surface area (Å²) in [4.78, 5) is 11.8. The zero-order chi connectivity index (χ0) is 13.5. The minimum Gasteiger partial charge on any atom is -0.396 e. The van der Waals surface area contributed by atoms with Gasteiger partial charge in [0, 0.05) is 23.4 Å². The van der Waals surface area contributed by atoms with Crippen molar-refractivity contribution < 1.29 is 9.90 Å². The van der Waals surface area contributed by atoms with Crippen molar-refractivity contribution >= 4 is 23.3 Å². The van der Waals surface area contributed by atoms with Crippen LogP contribution in [0.4, 0.5) is 10.5 Å². The first-order valence-electron chi connectivity index (χ1n) is 5.97. The van der Waals surface area contributed by atoms with Crippen molar-refractivity contribution in [3.8, 4) is 0 Å². The SMILES string of the molecule is CC(C)C(CCO)NC(=O)Nc1ccc(Cl)cc1. The quantitative estimate of drug-likeness (QED) is 0.770. The van der Waals surface area contributed by atoms with Crippen LogP contribution in [0, 0.1) is 5.92 Å². The van der Waals surface area contributed by atoms with Gasteiger partial charge >= 0.3 is 6.03 Å². The summed E-state index contributed by atoms with van der Waals surface area (Å²) in [5, 5.41) is 15.1. The number of hydrogen-bond donors (Lipinski definition) is 3. The lowest BCUT2D eigenvalue weighted by atomic mass is 10.0. The predicted molar refractivity (Wildman–Crippen MR) is 73.9 cm³/mol. The maximum atomic E-state index is 11.8. The molecule has 1 aromatic rings. The summed E-state index contributed by atoms with van der Waals surface area (Å²) in [6, 6.07) is 6.58. The average molecular weight is 271 g/mol. The number of anilines is 1. The van der Waals surface area contributed by atoms with Gasteiger partial charge in [-0.2, -0.15) is 0 Å². The van der Waals surface area contributed by atoms with Gasteiger partial charge in [-0.05, 0) is 36.6 Å². The number of amides is 2. The van der Waals surface area contributed by atoms with Gasteiger partial charge in [0.05, 0.1) is 0 Å². The number of carbonyl (C=O) groups is 1. The largest absolute Gasteiger partial charge is 0.396 e. The Labute approximate surface area is 112 Å². The molecule has 0 aliphatic carbocycles. The number of hydrogen-bond acceptors (Lipinski definition) is 2. The molecule has 0 radical (unpaired) electrons. The molecule has 0 saturated heterocycles. The minimum absolute atomic E-state index is 0.0395. The predicted octanol–water partition coefficient (Wildman–Crippen LogP) is 2.87. The second-order valence-corrected chi connectivity index (χ2v) is 4.90. The Hall–Kier alpha value is -1.26. The van der Waals surface area contributed by atoms with E-state index in [9.17, 15) is 4.79 Å². The Bertz CT molecular complexity index is 379. The van der Waals surface area contributed by atoms with Crippen molar-refractivity contribution in [2.45, 2.75) is 26.3 Å². The van der Waals surface area contributed by atoms with Gasteiger partial charge in [-0.3, -0.25) is 0 Å². The molecule has 0 heterocycles. The summed E-state index contributed by atoms with van der Waals surface area (Å²) >= 11 is 5.76. The average Bonchev–Trinajstić information content (AvgIpc) is 2.31. The molecular formula is C13H19ClN2O2. The van der Waals surface area contributed by atoms with E-state index in [1.807, 2.05) is 13.8 Å². The molecular weight excluding hydrogens is 252 g/mol. The molecule has 0 aliphatic rings. The standard InChI is InChI=1S/C13H19ClN2O2/c1-9(2)12(7-8-17)16-13(18)15-11-5-3-10(14)4-6-11/h3-6,9,12,17H,7-8H2,1-2H3,(H2,15,16,18). The number of urea groups is 1. The third kappa shape index (κ3) is 4.94. The molecule has 0 fully saturated rings. The maximum Gasteiger partial charge on any atom is 0.319 e. The number of rotatable bonds is 5. The van der Waals surface area contributed by atoms with E-state index < -0.39 is 0 Å². The Morgan fingerprint density at radius 2 is 1.94 bits per heavy atom. The first kappa shape index (κ1) is 14.8. The normalized spacial score (nSPS) is 12.3. The van der Waals surface area contributed by atoms with Gasteiger partial charge < -0.3 is 15.7 Å². The minimum atomic E-state index is -0.274. The second-order valence-electron chi connectivity index (χ2n) is 4.47. The van der Waals surface area contributed by atoms with Gasteiger partial charge in [0.1, 0.15) is 0 Å². The lowest BCUT2D eigenvalue weighted by molar-refractivity contribution is 0.227. The highest BCUT2D eigenvalue weighted by Gasteiger charge is 2.15. The molecule has 0 saturated carbocycles. The lowest BCUT2D eigenvalue weighted by Crippen LogP contribution is -2.41. The van der Waals surface area contributed by atoms with Crippen LogP contribution in [0.25, 0.3) is 0 Å². The van der Waals surface area contributed by atoms with Crippen LogP contribution in [0.15, 0.2) is 24.3 Å². The van der Waals surface area contributed by atoms with E-state index >= 15 is 0 Å². The molecule has 0 spiro atoms. The van der Waals surface area contributed by atoms with E-state index in [1.54, 1.807) is 24.3 Å². The van der Waals surface area contributed by atoms with Crippen LogP contribution >= 0.6 is 11.6 Å². The molecule has 1 atom stereocenters. The lowest BCUT2D eigenvalue weighted by Gasteiger charge is -2.21. The summed E-state index contributed by atoms with van der Waals surface area (Å²) in [6.07, 6.45) is 0.547. The second kappa shape index (κ2) is 7.24. The number of aliphatic hydroxyl groups excluding tert-OH is 1. The Balaban J connectivity index is 2.52. The highest BCUT2D eigenvalue weighted by atomic mass is 35.5. The van der Waals surface area contributed by atoms with E-state index in [-0.39, 0.29) is 24.6 Å². The number of aliphatic hydroxyl groups is 1. The third-order valence-corrected chi connectivity index (χ3v) is 2.92. The Morgan fingerprint density at radius 1 is 1.33 bits per heavy atom. The molecule has 5 heteroatoms. The van der Waals surface area contributed by atoms with E-state index in [2.05, 4.69) is 10.6 Å². The van der Waals surface area contributed by atoms with Crippen LogP contribution in [-0.2, 0) is 0 Å². The van der Waals surface area contributed by atoms with Gasteiger partial charge in [0.15, 0.2) is 0 Å². The summed E-state index contributed by atoms with van der Waals surface area (Å²) in [5.74, 6) is 0.271. The zero-order valence-corrected chi connectivity index (χ0v) is 11.4. The van der Waals surface area contributed by atoms with E-state index in [4.69, 9.17) is 16.7 Å². The van der Waals surface area contributed by atoms with Crippen molar-refractivity contribution in [2.75, 3.05) is 11.9 Å². The van der Waals surface area contributed by atoms with E-state index in [1.165, 1.54) is 0 Å². The molecule has 100 valence electrons. The monoisotopic (exact) mass is 270 g/mol. The smallest absolute Gasteiger partial charge is 0.319 e. The fourth-order valence-electron chi connectivity index (χ4n) is 1.58. The first-order chi connectivity index (χ1) is 8.52. The fraction of sp³-hybridized carbons (Fsp3) is 0.462. The van der Waals surface area contributed by atoms with E-state index in [0.29, 0.717) is 17.1 Å². The van der Waals surface area contributed by atoms with Gasteiger partial charge in [-0.25, -0.2) is 4.79 Å². The summed E-state index contributed by atoms with van der Waals surface area (Å²) in [5.41, 5.74) is 0.684. The molecule has 1 aromatic carbocycles. The van der Waals surface area contributed by atoms with Crippen molar-refractivity contribution in [1.82, 2.24) is 5.32 Å². The van der Waals surface area contributed by atoms with Crippen molar-refractivity contribution in [2.24, 2.45) is 5.92 Å². The van der Waals surface area contributed by atoms with Gasteiger partial charge in [-0.1, -0.05) is 25.4 Å². The van der Waals surface area contributed by atoms with Crippen molar-refractivity contribution in [3.05, 3.63) is 29.3 Å². The molecule has 3 N–H and O–H groups in total. The van der Waals surface area contributed by atoms with Crippen LogP contribution in [0.2, 0.25) is 5.02 Å². The molecule has 2 amide bonds. The van der Waals surface area contributed by atoms with Gasteiger partial charge in [0.25, 0.3) is 0 Å². The third-order valence-electron chi connectivity index (χ3n) is 2.66. The molecule has 0 aromatic heterocycles. The Morgan fingerprint density at radius 3 is 2.44 bits per heavy atom. The van der Waals surface area contributed by atoms with Crippen LogP contribution in [0.1, 0.15) is 20.3 Å². The topological polar surface area (TPSA) is 61.4 Å². The van der Waals surface area contributed by atoms with Crippen molar-refractivity contribution in [1.29, 1.82) is 0 Å². The number of halogens is 1. The molecule has 1 unspecified atom stereocenters. The first-order valence-corrected chi connectivity index (χ1v) is 6.34. The number of benzene rings is 1. The molecule has 4 nitrogen and oxygen atoms in total. The molecule has 0 aliphatic heterocycles. The fourth-order valence-corrected chi connectivity index (χ4v) is 1.71.